The van der Waals surface area contributed by atoms with E-state index in [2.05, 4.69) is 4.98 Å². The molecular formula is C18H13ClFNO3. The van der Waals surface area contributed by atoms with Gasteiger partial charge in [0.05, 0.1) is 5.56 Å². The third kappa shape index (κ3) is 3.03. The van der Waals surface area contributed by atoms with Crippen LogP contribution in [0.3, 0.4) is 0 Å². The number of para-hydroxylation sites is 1. The number of H-pyrrole nitrogens is 1. The molecule has 2 aromatic carbocycles. The lowest BCUT2D eigenvalue weighted by Gasteiger charge is -2.06. The number of aromatic amines is 1. The van der Waals surface area contributed by atoms with Gasteiger partial charge in [0, 0.05) is 27.2 Å². The molecule has 6 heteroatoms. The third-order valence-corrected chi connectivity index (χ3v) is 3.89. The van der Waals surface area contributed by atoms with E-state index in [-0.39, 0.29) is 16.4 Å². The first-order valence-corrected chi connectivity index (χ1v) is 7.58. The zero-order valence-electron chi connectivity index (χ0n) is 12.7. The number of esters is 1. The van der Waals surface area contributed by atoms with Gasteiger partial charge < -0.3 is 9.72 Å². The number of benzene rings is 2. The number of ketones is 1. The van der Waals surface area contributed by atoms with Crippen molar-refractivity contribution < 1.29 is 18.7 Å². The molecule has 0 bridgehead atoms. The number of hydrogen-bond acceptors (Lipinski definition) is 3. The molecule has 0 fully saturated rings. The van der Waals surface area contributed by atoms with E-state index in [0.717, 1.165) is 17.0 Å². The fourth-order valence-corrected chi connectivity index (χ4v) is 2.73. The number of ether oxygens (including phenoxy) is 1. The van der Waals surface area contributed by atoms with Crippen LogP contribution in [0.2, 0.25) is 5.02 Å². The molecule has 3 aromatic rings. The molecule has 0 atom stereocenters. The lowest BCUT2D eigenvalue weighted by molar-refractivity contribution is 0.0470. The highest BCUT2D eigenvalue weighted by Gasteiger charge is 2.19. The number of aromatic nitrogens is 1. The fraction of sp³-hybridized carbons (Fsp3) is 0.111. The van der Waals surface area contributed by atoms with Crippen LogP contribution in [-0.4, -0.2) is 23.3 Å². The maximum Gasteiger partial charge on any atom is 0.341 e. The smallest absolute Gasteiger partial charge is 0.341 e. The minimum atomic E-state index is -0.907. The Labute approximate surface area is 142 Å². The molecule has 0 unspecified atom stereocenters. The minimum absolute atomic E-state index is 0.176. The summed E-state index contributed by atoms with van der Waals surface area (Å²) in [5.41, 5.74) is 1.72. The van der Waals surface area contributed by atoms with Crippen LogP contribution < -0.4 is 0 Å². The number of hydrogen-bond donors (Lipinski definition) is 1. The summed E-state index contributed by atoms with van der Waals surface area (Å²) in [7, 11) is 0. The van der Waals surface area contributed by atoms with Crippen LogP contribution in [0.4, 0.5) is 4.39 Å². The third-order valence-electron chi connectivity index (χ3n) is 3.66. The Kier molecular flexibility index (Phi) is 4.36. The van der Waals surface area contributed by atoms with Gasteiger partial charge in [0.25, 0.3) is 0 Å². The van der Waals surface area contributed by atoms with Crippen LogP contribution in [0.1, 0.15) is 26.4 Å². The Hall–Kier alpha value is -2.66. The number of nitrogens with one attached hydrogen (secondary N) is 1. The molecule has 0 aliphatic rings. The molecule has 0 aliphatic heterocycles. The second kappa shape index (κ2) is 6.45. The van der Waals surface area contributed by atoms with Gasteiger partial charge in [-0.1, -0.05) is 29.8 Å². The van der Waals surface area contributed by atoms with Crippen molar-refractivity contribution in [2.24, 2.45) is 0 Å². The van der Waals surface area contributed by atoms with Crippen LogP contribution in [0.25, 0.3) is 10.9 Å². The maximum atomic E-state index is 13.7. The van der Waals surface area contributed by atoms with Gasteiger partial charge in [-0.15, -0.1) is 0 Å². The number of fused-ring (bicyclic) bond motifs is 1. The van der Waals surface area contributed by atoms with Crippen LogP contribution in [0.5, 0.6) is 0 Å². The summed E-state index contributed by atoms with van der Waals surface area (Å²) >= 11 is 5.64. The average Bonchev–Trinajstić information content (AvgIpc) is 2.88. The van der Waals surface area contributed by atoms with Crippen LogP contribution in [0, 0.1) is 12.7 Å². The first kappa shape index (κ1) is 16.2. The predicted octanol–water partition coefficient (Wildman–Crippen LogP) is 4.31. The van der Waals surface area contributed by atoms with E-state index in [1.54, 1.807) is 6.92 Å². The van der Waals surface area contributed by atoms with Gasteiger partial charge in [0.2, 0.25) is 5.78 Å². The molecule has 0 radical (unpaired) electrons. The number of aryl methyl sites for hydroxylation is 1. The van der Waals surface area contributed by atoms with Crippen molar-refractivity contribution in [2.45, 2.75) is 6.92 Å². The van der Waals surface area contributed by atoms with E-state index in [4.69, 9.17) is 16.3 Å². The van der Waals surface area contributed by atoms with E-state index in [0.29, 0.717) is 11.3 Å². The quantitative estimate of drug-likeness (QED) is 0.566. The van der Waals surface area contributed by atoms with Crippen molar-refractivity contribution in [1.82, 2.24) is 4.98 Å². The van der Waals surface area contributed by atoms with Crippen LogP contribution in [-0.2, 0) is 4.74 Å². The summed E-state index contributed by atoms with van der Waals surface area (Å²) < 4.78 is 18.6. The molecule has 1 heterocycles. The SMILES string of the molecule is Cc1[nH]c2ccccc2c1C(=O)COC(=O)c1ccc(Cl)cc1F. The summed E-state index contributed by atoms with van der Waals surface area (Å²) in [5, 5.41) is 0.934. The molecule has 122 valence electrons. The standard InChI is InChI=1S/C18H13ClFNO3/c1-10-17(13-4-2-3-5-15(13)21-10)16(22)9-24-18(23)12-7-6-11(19)8-14(12)20/h2-8,21H,9H2,1H3. The molecule has 4 nitrogen and oxygen atoms in total. The molecule has 0 saturated heterocycles. The number of carbonyl (C=O) groups is 2. The zero-order chi connectivity index (χ0) is 17.3. The second-order valence-corrected chi connectivity index (χ2v) is 5.73. The topological polar surface area (TPSA) is 59.2 Å². The molecule has 3 rings (SSSR count). The number of rotatable bonds is 4. The largest absolute Gasteiger partial charge is 0.454 e. The van der Waals surface area contributed by atoms with Gasteiger partial charge in [-0.05, 0) is 31.2 Å². The van der Waals surface area contributed by atoms with Crippen LogP contribution in [0.15, 0.2) is 42.5 Å². The van der Waals surface area contributed by atoms with E-state index in [1.165, 1.54) is 12.1 Å². The van der Waals surface area contributed by atoms with Crippen molar-refractivity contribution in [3.05, 3.63) is 70.1 Å². The van der Waals surface area contributed by atoms with Gasteiger partial charge in [0.15, 0.2) is 6.61 Å². The Balaban J connectivity index is 1.77. The van der Waals surface area contributed by atoms with Crippen LogP contribution >= 0.6 is 11.6 Å². The summed E-state index contributed by atoms with van der Waals surface area (Å²) in [6.45, 7) is 1.30. The van der Waals surface area contributed by atoms with E-state index < -0.39 is 18.4 Å². The molecule has 0 amide bonds. The van der Waals surface area contributed by atoms with Gasteiger partial charge in [-0.2, -0.15) is 0 Å². The lowest BCUT2D eigenvalue weighted by Crippen LogP contribution is -2.15. The van der Waals surface area contributed by atoms with Crippen molar-refractivity contribution in [3.63, 3.8) is 0 Å². The van der Waals surface area contributed by atoms with Gasteiger partial charge >= 0.3 is 5.97 Å². The highest BCUT2D eigenvalue weighted by molar-refractivity contribution is 6.30. The van der Waals surface area contributed by atoms with Crippen molar-refractivity contribution in [1.29, 1.82) is 0 Å². The number of Topliss-reactive ketones (excluding diaryl/α,β-unsaturated/α-hetero) is 1. The first-order valence-electron chi connectivity index (χ1n) is 7.20. The second-order valence-electron chi connectivity index (χ2n) is 5.29. The molecule has 0 spiro atoms. The Bertz CT molecular complexity index is 949. The van der Waals surface area contributed by atoms with E-state index in [9.17, 15) is 14.0 Å². The predicted molar refractivity (Wildman–Crippen MR) is 89.1 cm³/mol. The Morgan fingerprint density at radius 1 is 1.21 bits per heavy atom. The average molecular weight is 346 g/mol. The molecular weight excluding hydrogens is 333 g/mol. The highest BCUT2D eigenvalue weighted by atomic mass is 35.5. The van der Waals surface area contributed by atoms with Crippen molar-refractivity contribution in [3.8, 4) is 0 Å². The summed E-state index contributed by atoms with van der Waals surface area (Å²) in [6, 6.07) is 11.0. The van der Waals surface area contributed by atoms with Crippen molar-refractivity contribution in [2.75, 3.05) is 6.61 Å². The number of halogens is 2. The minimum Gasteiger partial charge on any atom is -0.454 e. The maximum absolute atomic E-state index is 13.7. The normalized spacial score (nSPS) is 10.8. The van der Waals surface area contributed by atoms with E-state index in [1.807, 2.05) is 24.3 Å². The Morgan fingerprint density at radius 2 is 1.96 bits per heavy atom. The first-order chi connectivity index (χ1) is 11.5. The van der Waals surface area contributed by atoms with Gasteiger partial charge in [0.1, 0.15) is 5.82 Å². The Morgan fingerprint density at radius 3 is 2.71 bits per heavy atom. The van der Waals surface area contributed by atoms with E-state index >= 15 is 0 Å². The fourth-order valence-electron chi connectivity index (χ4n) is 2.57. The van der Waals surface area contributed by atoms with Gasteiger partial charge in [-0.3, -0.25) is 4.79 Å². The summed E-state index contributed by atoms with van der Waals surface area (Å²) in [4.78, 5) is 27.4. The summed E-state index contributed by atoms with van der Waals surface area (Å²) in [6.07, 6.45) is 0. The zero-order valence-corrected chi connectivity index (χ0v) is 13.5. The molecule has 1 aromatic heterocycles. The molecule has 24 heavy (non-hydrogen) atoms. The highest BCUT2D eigenvalue weighted by Crippen LogP contribution is 2.22. The molecule has 1 N–H and O–H groups in total. The molecule has 0 aliphatic carbocycles. The lowest BCUT2D eigenvalue weighted by atomic mass is 10.1. The van der Waals surface area contributed by atoms with Gasteiger partial charge in [-0.25, -0.2) is 9.18 Å². The number of carbonyl (C=O) groups excluding carboxylic acids is 2. The summed E-state index contributed by atoms with van der Waals surface area (Å²) in [5.74, 6) is -2.05. The molecule has 0 saturated carbocycles. The monoisotopic (exact) mass is 345 g/mol. The van der Waals surface area contributed by atoms with Crippen molar-refractivity contribution >= 4 is 34.3 Å².